The predicted octanol–water partition coefficient (Wildman–Crippen LogP) is 2.04. The summed E-state index contributed by atoms with van der Waals surface area (Å²) in [6, 6.07) is 0.233. The first-order valence-corrected chi connectivity index (χ1v) is 9.93. The number of nitrogens with zero attached hydrogens (tertiary/aromatic N) is 2. The summed E-state index contributed by atoms with van der Waals surface area (Å²) in [4.78, 5) is 28.7. The Morgan fingerprint density at radius 3 is 2.36 bits per heavy atom. The van der Waals surface area contributed by atoms with Crippen LogP contribution >= 0.6 is 0 Å². The molecule has 3 N–H and O–H groups in total. The van der Waals surface area contributed by atoms with E-state index in [0.29, 0.717) is 31.3 Å². The number of hydrogen-bond acceptors (Lipinski definition) is 3. The number of piperidine rings is 2. The molecule has 0 aliphatic carbocycles. The first-order chi connectivity index (χ1) is 11.9. The van der Waals surface area contributed by atoms with Crippen molar-refractivity contribution in [2.24, 2.45) is 23.5 Å². The lowest BCUT2D eigenvalue weighted by atomic mass is 9.90. The van der Waals surface area contributed by atoms with Crippen molar-refractivity contribution < 1.29 is 9.59 Å². The van der Waals surface area contributed by atoms with Gasteiger partial charge < -0.3 is 20.9 Å². The van der Waals surface area contributed by atoms with E-state index < -0.39 is 0 Å². The molecule has 2 aliphatic heterocycles. The second-order valence-electron chi connectivity index (χ2n) is 8.32. The van der Waals surface area contributed by atoms with Gasteiger partial charge in [0.05, 0.1) is 0 Å². The van der Waals surface area contributed by atoms with E-state index in [9.17, 15) is 9.59 Å². The maximum atomic E-state index is 12.6. The van der Waals surface area contributed by atoms with Crippen LogP contribution in [-0.4, -0.2) is 60.5 Å². The number of nitrogens with two attached hydrogens (primary N) is 1. The Hall–Kier alpha value is -1.30. The number of hydrogen-bond donors (Lipinski definition) is 2. The van der Waals surface area contributed by atoms with Crippen LogP contribution in [0.5, 0.6) is 0 Å². The van der Waals surface area contributed by atoms with Gasteiger partial charge in [-0.05, 0) is 50.4 Å². The molecule has 3 amide bonds. The number of carbonyl (C=O) groups is 2. The summed E-state index contributed by atoms with van der Waals surface area (Å²) in [6.07, 6.45) is 4.61. The lowest BCUT2D eigenvalue weighted by molar-refractivity contribution is -0.134. The first kappa shape index (κ1) is 20.0. The second-order valence-corrected chi connectivity index (χ2v) is 8.32. The van der Waals surface area contributed by atoms with Crippen LogP contribution in [0.25, 0.3) is 0 Å². The van der Waals surface area contributed by atoms with E-state index in [4.69, 9.17) is 5.73 Å². The van der Waals surface area contributed by atoms with E-state index in [1.54, 1.807) is 0 Å². The van der Waals surface area contributed by atoms with Gasteiger partial charge in [-0.25, -0.2) is 4.79 Å². The number of likely N-dealkylation sites (tertiary alicyclic amines) is 2. The molecule has 0 radical (unpaired) electrons. The van der Waals surface area contributed by atoms with Crippen molar-refractivity contribution in [3.05, 3.63) is 0 Å². The molecule has 0 aromatic heterocycles. The minimum absolute atomic E-state index is 0.0172. The fraction of sp³-hybridized carbons (Fsp3) is 0.895. The number of carbonyl (C=O) groups excluding carboxylic acids is 2. The molecule has 6 heteroatoms. The maximum absolute atomic E-state index is 12.6. The van der Waals surface area contributed by atoms with Crippen molar-refractivity contribution in [3.63, 3.8) is 0 Å². The third-order valence-corrected chi connectivity index (χ3v) is 5.57. The molecule has 2 heterocycles. The van der Waals surface area contributed by atoms with Gasteiger partial charge in [0.25, 0.3) is 0 Å². The molecule has 0 saturated carbocycles. The quantitative estimate of drug-likeness (QED) is 0.795. The molecule has 2 rings (SSSR count). The highest BCUT2D eigenvalue weighted by Crippen LogP contribution is 2.24. The lowest BCUT2D eigenvalue weighted by Crippen LogP contribution is -2.48. The molecule has 2 atom stereocenters. The monoisotopic (exact) mass is 352 g/mol. The van der Waals surface area contributed by atoms with E-state index in [2.05, 4.69) is 26.1 Å². The van der Waals surface area contributed by atoms with E-state index >= 15 is 0 Å². The van der Waals surface area contributed by atoms with Gasteiger partial charge in [0, 0.05) is 45.2 Å². The lowest BCUT2D eigenvalue weighted by Gasteiger charge is -2.36. The summed E-state index contributed by atoms with van der Waals surface area (Å²) in [5.74, 6) is 1.53. The molecule has 2 fully saturated rings. The molecule has 0 bridgehead atoms. The fourth-order valence-electron chi connectivity index (χ4n) is 3.87. The van der Waals surface area contributed by atoms with Crippen LogP contribution < -0.4 is 11.1 Å². The Morgan fingerprint density at radius 2 is 1.76 bits per heavy atom. The van der Waals surface area contributed by atoms with E-state index in [0.717, 1.165) is 45.3 Å². The van der Waals surface area contributed by atoms with Gasteiger partial charge in [-0.15, -0.1) is 0 Å². The summed E-state index contributed by atoms with van der Waals surface area (Å²) < 4.78 is 0. The zero-order chi connectivity index (χ0) is 18.4. The van der Waals surface area contributed by atoms with Gasteiger partial charge in [-0.2, -0.15) is 0 Å². The smallest absolute Gasteiger partial charge is 0.317 e. The molecule has 0 aromatic carbocycles. The van der Waals surface area contributed by atoms with Crippen molar-refractivity contribution in [1.29, 1.82) is 0 Å². The van der Waals surface area contributed by atoms with E-state index in [1.807, 2.05) is 9.80 Å². The molecular formula is C19H36N4O2. The Kier molecular flexibility index (Phi) is 7.54. The Labute approximate surface area is 152 Å². The highest BCUT2D eigenvalue weighted by molar-refractivity contribution is 5.77. The van der Waals surface area contributed by atoms with Gasteiger partial charge in [-0.3, -0.25) is 4.79 Å². The summed E-state index contributed by atoms with van der Waals surface area (Å²) in [7, 11) is 0. The Morgan fingerprint density at radius 1 is 1.08 bits per heavy atom. The molecule has 0 aromatic rings. The molecule has 2 unspecified atom stereocenters. The minimum Gasteiger partial charge on any atom is -0.343 e. The Balaban J connectivity index is 1.76. The molecular weight excluding hydrogens is 316 g/mol. The minimum atomic E-state index is 0.0172. The third kappa shape index (κ3) is 6.17. The average molecular weight is 353 g/mol. The largest absolute Gasteiger partial charge is 0.343 e. The molecule has 6 nitrogen and oxygen atoms in total. The fourth-order valence-corrected chi connectivity index (χ4v) is 3.87. The second kappa shape index (κ2) is 9.41. The SMILES string of the molecule is CC(C)CNC(=O)N1CCCC(CC(=O)N2CCC(C(C)N)CC2)C1. The van der Waals surface area contributed by atoms with Crippen LogP contribution in [0, 0.1) is 17.8 Å². The molecule has 144 valence electrons. The van der Waals surface area contributed by atoms with Crippen LogP contribution in [0.2, 0.25) is 0 Å². The average Bonchev–Trinajstić information content (AvgIpc) is 2.59. The summed E-state index contributed by atoms with van der Waals surface area (Å²) in [6.45, 7) is 10.1. The molecule has 2 aliphatic rings. The van der Waals surface area contributed by atoms with Gasteiger partial charge in [0.15, 0.2) is 0 Å². The standard InChI is InChI=1S/C19H36N4O2/c1-14(2)12-21-19(25)23-8-4-5-16(13-23)11-18(24)22-9-6-17(7-10-22)15(3)20/h14-17H,4-13,20H2,1-3H3,(H,21,25). The number of amides is 3. The summed E-state index contributed by atoms with van der Waals surface area (Å²) in [5.41, 5.74) is 5.98. The van der Waals surface area contributed by atoms with Crippen molar-refractivity contribution >= 4 is 11.9 Å². The highest BCUT2D eigenvalue weighted by Gasteiger charge is 2.29. The number of nitrogens with one attached hydrogen (secondary N) is 1. The van der Waals surface area contributed by atoms with E-state index in [-0.39, 0.29) is 23.9 Å². The van der Waals surface area contributed by atoms with Gasteiger partial charge >= 0.3 is 6.03 Å². The highest BCUT2D eigenvalue weighted by atomic mass is 16.2. The van der Waals surface area contributed by atoms with Crippen LogP contribution in [0.1, 0.15) is 52.9 Å². The first-order valence-electron chi connectivity index (χ1n) is 9.93. The number of urea groups is 1. The molecule has 0 spiro atoms. The van der Waals surface area contributed by atoms with Crippen molar-refractivity contribution in [3.8, 4) is 0 Å². The van der Waals surface area contributed by atoms with Crippen molar-refractivity contribution in [1.82, 2.24) is 15.1 Å². The zero-order valence-corrected chi connectivity index (χ0v) is 16.2. The Bertz CT molecular complexity index is 445. The zero-order valence-electron chi connectivity index (χ0n) is 16.2. The molecule has 2 saturated heterocycles. The van der Waals surface area contributed by atoms with Crippen molar-refractivity contribution in [2.75, 3.05) is 32.7 Å². The van der Waals surface area contributed by atoms with Crippen LogP contribution in [0.4, 0.5) is 4.79 Å². The van der Waals surface area contributed by atoms with Gasteiger partial charge in [0.1, 0.15) is 0 Å². The third-order valence-electron chi connectivity index (χ3n) is 5.57. The normalized spacial score (nSPS) is 23.6. The predicted molar refractivity (Wildman–Crippen MR) is 100 cm³/mol. The molecule has 25 heavy (non-hydrogen) atoms. The maximum Gasteiger partial charge on any atom is 0.317 e. The van der Waals surface area contributed by atoms with Gasteiger partial charge in [-0.1, -0.05) is 13.8 Å². The summed E-state index contributed by atoms with van der Waals surface area (Å²) >= 11 is 0. The van der Waals surface area contributed by atoms with Crippen molar-refractivity contribution in [2.45, 2.75) is 58.9 Å². The van der Waals surface area contributed by atoms with Crippen LogP contribution in [-0.2, 0) is 4.79 Å². The van der Waals surface area contributed by atoms with E-state index in [1.165, 1.54) is 0 Å². The summed E-state index contributed by atoms with van der Waals surface area (Å²) in [5, 5.41) is 2.98. The van der Waals surface area contributed by atoms with Crippen LogP contribution in [0.15, 0.2) is 0 Å². The number of rotatable bonds is 5. The van der Waals surface area contributed by atoms with Gasteiger partial charge in [0.2, 0.25) is 5.91 Å². The topological polar surface area (TPSA) is 78.7 Å². The van der Waals surface area contributed by atoms with Crippen LogP contribution in [0.3, 0.4) is 0 Å².